The van der Waals surface area contributed by atoms with Crippen LogP contribution in [0.15, 0.2) is 18.2 Å². The molecule has 0 radical (unpaired) electrons. The van der Waals surface area contributed by atoms with Crippen LogP contribution in [0.4, 0.5) is 4.79 Å². The van der Waals surface area contributed by atoms with E-state index < -0.39 is 6.04 Å². The molecule has 1 atom stereocenters. The SMILES string of the molecule is Cc1ccc(-n2nc(C(=O)N3CCN4C(=O)NC(=O)C4C3)c3c2CCC3)c(C)c1. The van der Waals surface area contributed by atoms with Crippen molar-refractivity contribution in [2.45, 2.75) is 39.2 Å². The van der Waals surface area contributed by atoms with Crippen LogP contribution in [-0.2, 0) is 17.6 Å². The van der Waals surface area contributed by atoms with Gasteiger partial charge < -0.3 is 9.80 Å². The van der Waals surface area contributed by atoms with E-state index in [0.29, 0.717) is 18.8 Å². The largest absolute Gasteiger partial charge is 0.333 e. The molecule has 8 heteroatoms. The number of rotatable bonds is 2. The quantitative estimate of drug-likeness (QED) is 0.781. The number of carbonyl (C=O) groups excluding carboxylic acids is 3. The average Bonchev–Trinajstić information content (AvgIpc) is 3.36. The third-order valence-electron chi connectivity index (χ3n) is 6.17. The number of hydrogen-bond donors (Lipinski definition) is 1. The van der Waals surface area contributed by atoms with Crippen molar-refractivity contribution in [2.24, 2.45) is 0 Å². The Bertz CT molecular complexity index is 1060. The van der Waals surface area contributed by atoms with Crippen LogP contribution in [0.2, 0.25) is 0 Å². The fourth-order valence-corrected chi connectivity index (χ4v) is 4.70. The Kier molecular flexibility index (Phi) is 3.97. The number of nitrogens with one attached hydrogen (secondary N) is 1. The molecule has 5 rings (SSSR count). The summed E-state index contributed by atoms with van der Waals surface area (Å²) in [6.07, 6.45) is 2.74. The van der Waals surface area contributed by atoms with Gasteiger partial charge in [-0.1, -0.05) is 17.7 Å². The molecule has 0 bridgehead atoms. The van der Waals surface area contributed by atoms with Gasteiger partial charge in [0.15, 0.2) is 5.69 Å². The van der Waals surface area contributed by atoms with E-state index in [-0.39, 0.29) is 24.4 Å². The lowest BCUT2D eigenvalue weighted by Gasteiger charge is -2.35. The van der Waals surface area contributed by atoms with E-state index in [9.17, 15) is 14.4 Å². The molecule has 2 aromatic rings. The topological polar surface area (TPSA) is 87.5 Å². The summed E-state index contributed by atoms with van der Waals surface area (Å²) in [6.45, 7) is 5.08. The number of hydrogen-bond acceptors (Lipinski definition) is 4. The number of piperazine rings is 1. The molecule has 1 aromatic carbocycles. The van der Waals surface area contributed by atoms with Crippen molar-refractivity contribution < 1.29 is 14.4 Å². The molecule has 2 saturated heterocycles. The Balaban J connectivity index is 1.48. The smallest absolute Gasteiger partial charge is 0.324 e. The van der Waals surface area contributed by atoms with E-state index in [1.54, 1.807) is 4.90 Å². The number of amides is 4. The van der Waals surface area contributed by atoms with Crippen molar-refractivity contribution in [3.8, 4) is 5.69 Å². The Morgan fingerprint density at radius 3 is 2.79 bits per heavy atom. The minimum atomic E-state index is -0.602. The summed E-state index contributed by atoms with van der Waals surface area (Å²) < 4.78 is 1.92. The number of aryl methyl sites for hydroxylation is 2. The zero-order valence-corrected chi connectivity index (χ0v) is 16.6. The monoisotopic (exact) mass is 393 g/mol. The maximum atomic E-state index is 13.3. The van der Waals surface area contributed by atoms with Gasteiger partial charge in [0.05, 0.1) is 12.2 Å². The van der Waals surface area contributed by atoms with Gasteiger partial charge in [0.1, 0.15) is 6.04 Å². The van der Waals surface area contributed by atoms with Gasteiger partial charge in [-0.05, 0) is 44.7 Å². The first kappa shape index (κ1) is 17.9. The van der Waals surface area contributed by atoms with E-state index in [0.717, 1.165) is 41.8 Å². The van der Waals surface area contributed by atoms with Crippen molar-refractivity contribution in [3.05, 3.63) is 46.3 Å². The zero-order valence-electron chi connectivity index (χ0n) is 16.6. The minimum absolute atomic E-state index is 0.154. The number of benzene rings is 1. The van der Waals surface area contributed by atoms with Gasteiger partial charge in [-0.15, -0.1) is 0 Å². The molecule has 3 aliphatic rings. The van der Waals surface area contributed by atoms with Crippen molar-refractivity contribution in [1.29, 1.82) is 0 Å². The summed E-state index contributed by atoms with van der Waals surface area (Å²) in [6, 6.07) is 5.26. The summed E-state index contributed by atoms with van der Waals surface area (Å²) in [4.78, 5) is 40.3. The minimum Gasteiger partial charge on any atom is -0.333 e. The average molecular weight is 393 g/mol. The number of nitrogens with zero attached hydrogens (tertiary/aromatic N) is 4. The Morgan fingerprint density at radius 2 is 2.00 bits per heavy atom. The van der Waals surface area contributed by atoms with Crippen LogP contribution >= 0.6 is 0 Å². The summed E-state index contributed by atoms with van der Waals surface area (Å²) >= 11 is 0. The van der Waals surface area contributed by atoms with E-state index in [2.05, 4.69) is 37.4 Å². The highest BCUT2D eigenvalue weighted by atomic mass is 16.2. The second-order valence-electron chi connectivity index (χ2n) is 8.08. The van der Waals surface area contributed by atoms with Crippen molar-refractivity contribution in [2.75, 3.05) is 19.6 Å². The van der Waals surface area contributed by atoms with Gasteiger partial charge in [-0.3, -0.25) is 14.9 Å². The Morgan fingerprint density at radius 1 is 1.17 bits per heavy atom. The normalized spacial score (nSPS) is 20.7. The lowest BCUT2D eigenvalue weighted by Crippen LogP contribution is -2.54. The van der Waals surface area contributed by atoms with Crippen molar-refractivity contribution in [3.63, 3.8) is 0 Å². The van der Waals surface area contributed by atoms with Gasteiger partial charge >= 0.3 is 6.03 Å². The first-order valence-corrected chi connectivity index (χ1v) is 10.0. The number of fused-ring (bicyclic) bond motifs is 2. The number of aromatic nitrogens is 2. The summed E-state index contributed by atoms with van der Waals surface area (Å²) in [5.41, 5.74) is 5.91. The number of imide groups is 1. The highest BCUT2D eigenvalue weighted by Crippen LogP contribution is 2.30. The molecule has 0 spiro atoms. The molecule has 2 aliphatic heterocycles. The Hall–Kier alpha value is -3.16. The first-order valence-electron chi connectivity index (χ1n) is 10.0. The highest BCUT2D eigenvalue weighted by Gasteiger charge is 2.44. The Labute approximate surface area is 168 Å². The molecule has 2 fully saturated rings. The second kappa shape index (κ2) is 6.43. The molecule has 29 heavy (non-hydrogen) atoms. The van der Waals surface area contributed by atoms with Crippen LogP contribution in [0.5, 0.6) is 0 Å². The van der Waals surface area contributed by atoms with E-state index >= 15 is 0 Å². The fraction of sp³-hybridized carbons (Fsp3) is 0.429. The lowest BCUT2D eigenvalue weighted by atomic mass is 10.1. The summed E-state index contributed by atoms with van der Waals surface area (Å²) in [5, 5.41) is 7.06. The molecule has 1 aromatic heterocycles. The number of carbonyl (C=O) groups is 3. The molecule has 1 aliphatic carbocycles. The summed E-state index contributed by atoms with van der Waals surface area (Å²) in [7, 11) is 0. The van der Waals surface area contributed by atoms with Gasteiger partial charge in [0.25, 0.3) is 11.8 Å². The zero-order chi connectivity index (χ0) is 20.3. The van der Waals surface area contributed by atoms with Crippen LogP contribution in [0.25, 0.3) is 5.69 Å². The maximum absolute atomic E-state index is 13.3. The lowest BCUT2D eigenvalue weighted by molar-refractivity contribution is -0.122. The van der Waals surface area contributed by atoms with Crippen LogP contribution < -0.4 is 5.32 Å². The van der Waals surface area contributed by atoms with Crippen LogP contribution in [0.1, 0.15) is 39.3 Å². The van der Waals surface area contributed by atoms with Crippen LogP contribution in [-0.4, -0.2) is 63.1 Å². The molecule has 1 N–H and O–H groups in total. The first-order chi connectivity index (χ1) is 13.9. The predicted molar refractivity (Wildman–Crippen MR) is 105 cm³/mol. The van der Waals surface area contributed by atoms with Crippen molar-refractivity contribution in [1.82, 2.24) is 24.9 Å². The van der Waals surface area contributed by atoms with E-state index in [4.69, 9.17) is 5.10 Å². The van der Waals surface area contributed by atoms with Gasteiger partial charge in [-0.2, -0.15) is 5.10 Å². The van der Waals surface area contributed by atoms with Crippen molar-refractivity contribution >= 4 is 17.8 Å². The van der Waals surface area contributed by atoms with E-state index in [1.807, 2.05) is 4.68 Å². The van der Waals surface area contributed by atoms with Crippen LogP contribution in [0.3, 0.4) is 0 Å². The predicted octanol–water partition coefficient (Wildman–Crippen LogP) is 1.35. The number of urea groups is 1. The third kappa shape index (κ3) is 2.73. The molecular weight excluding hydrogens is 370 g/mol. The van der Waals surface area contributed by atoms with Gasteiger partial charge in [0.2, 0.25) is 0 Å². The molecule has 0 saturated carbocycles. The molecule has 4 amide bonds. The van der Waals surface area contributed by atoms with Crippen LogP contribution in [0, 0.1) is 13.8 Å². The maximum Gasteiger partial charge on any atom is 0.324 e. The van der Waals surface area contributed by atoms with Gasteiger partial charge in [-0.25, -0.2) is 9.48 Å². The highest BCUT2D eigenvalue weighted by molar-refractivity contribution is 6.05. The molecule has 3 heterocycles. The van der Waals surface area contributed by atoms with E-state index in [1.165, 1.54) is 10.5 Å². The standard InChI is InChI=1S/C21H23N5O3/c1-12-6-7-15(13(2)10-12)26-16-5-3-4-14(16)18(23-26)20(28)24-8-9-25-17(11-24)19(27)22-21(25)29/h6-7,10,17H,3-5,8-9,11H2,1-2H3,(H,22,27,29). The fourth-order valence-electron chi connectivity index (χ4n) is 4.70. The third-order valence-corrected chi connectivity index (χ3v) is 6.17. The summed E-state index contributed by atoms with van der Waals surface area (Å²) in [5.74, 6) is -0.489. The molecular formula is C21H23N5O3. The molecule has 8 nitrogen and oxygen atoms in total. The second-order valence-corrected chi connectivity index (χ2v) is 8.08. The van der Waals surface area contributed by atoms with Gasteiger partial charge in [0, 0.05) is 24.3 Å². The molecule has 1 unspecified atom stereocenters. The molecule has 150 valence electrons.